The van der Waals surface area contributed by atoms with E-state index in [2.05, 4.69) is 21.6 Å². The van der Waals surface area contributed by atoms with Crippen LogP contribution in [-0.4, -0.2) is 58.0 Å². The van der Waals surface area contributed by atoms with Crippen molar-refractivity contribution in [1.29, 1.82) is 0 Å². The number of hydrogen-bond donors (Lipinski definition) is 1. The average molecular weight is 384 g/mol. The third-order valence-corrected chi connectivity index (χ3v) is 6.82. The lowest BCUT2D eigenvalue weighted by Gasteiger charge is -2.37. The molecule has 136 valence electrons. The van der Waals surface area contributed by atoms with Crippen LogP contribution in [0.3, 0.4) is 0 Å². The van der Waals surface area contributed by atoms with Crippen LogP contribution in [0.2, 0.25) is 0 Å². The lowest BCUT2D eigenvalue weighted by Crippen LogP contribution is -2.48. The van der Waals surface area contributed by atoms with Crippen LogP contribution in [0.1, 0.15) is 10.9 Å². The maximum atomic E-state index is 13.3. The third kappa shape index (κ3) is 4.65. The number of likely N-dealkylation sites (N-methyl/N-ethyl adjacent to an activating group) is 1. The Morgan fingerprint density at radius 2 is 1.96 bits per heavy atom. The Morgan fingerprint density at radius 3 is 2.60 bits per heavy atom. The van der Waals surface area contributed by atoms with Gasteiger partial charge in [0.1, 0.15) is 5.82 Å². The number of thiophene rings is 1. The number of piperazine rings is 1. The van der Waals surface area contributed by atoms with Gasteiger partial charge in [0.05, 0.1) is 10.9 Å². The van der Waals surface area contributed by atoms with Crippen molar-refractivity contribution in [3.63, 3.8) is 0 Å². The van der Waals surface area contributed by atoms with Crippen LogP contribution in [0.15, 0.2) is 46.7 Å². The zero-order valence-corrected chi connectivity index (χ0v) is 15.7. The molecule has 8 heteroatoms. The molecule has 1 saturated heterocycles. The van der Waals surface area contributed by atoms with E-state index >= 15 is 0 Å². The molecule has 2 aromatic rings. The molecule has 2 heterocycles. The summed E-state index contributed by atoms with van der Waals surface area (Å²) in [4.78, 5) is 5.65. The number of rotatable bonds is 6. The monoisotopic (exact) mass is 383 g/mol. The molecule has 1 aliphatic heterocycles. The summed E-state index contributed by atoms with van der Waals surface area (Å²) in [5.74, 6) is -0.559. The zero-order valence-electron chi connectivity index (χ0n) is 14.1. The minimum atomic E-state index is -3.74. The SMILES string of the molecule is CN1CCN([C@H](CNS(=O)(=O)c2cccc(F)c2)c2cccs2)CC1. The maximum absolute atomic E-state index is 13.3. The smallest absolute Gasteiger partial charge is 0.240 e. The number of benzene rings is 1. The van der Waals surface area contributed by atoms with E-state index in [0.29, 0.717) is 0 Å². The molecule has 3 rings (SSSR count). The summed E-state index contributed by atoms with van der Waals surface area (Å²) >= 11 is 1.62. The van der Waals surface area contributed by atoms with Crippen LogP contribution in [0, 0.1) is 5.82 Å². The summed E-state index contributed by atoms with van der Waals surface area (Å²) in [6, 6.07) is 9.07. The van der Waals surface area contributed by atoms with Crippen LogP contribution >= 0.6 is 11.3 Å². The van der Waals surface area contributed by atoms with Crippen molar-refractivity contribution in [1.82, 2.24) is 14.5 Å². The van der Waals surface area contributed by atoms with Gasteiger partial charge in [-0.25, -0.2) is 17.5 Å². The van der Waals surface area contributed by atoms with Crippen LogP contribution < -0.4 is 4.72 Å². The highest BCUT2D eigenvalue weighted by Crippen LogP contribution is 2.26. The molecule has 1 atom stereocenters. The Hall–Kier alpha value is -1.32. The number of halogens is 1. The first-order chi connectivity index (χ1) is 12.0. The number of nitrogens with one attached hydrogen (secondary N) is 1. The fraction of sp³-hybridized carbons (Fsp3) is 0.412. The summed E-state index contributed by atoms with van der Waals surface area (Å²) in [5, 5.41) is 2.00. The fourth-order valence-corrected chi connectivity index (χ4v) is 4.86. The highest BCUT2D eigenvalue weighted by molar-refractivity contribution is 7.89. The molecular weight excluding hydrogens is 361 g/mol. The average Bonchev–Trinajstić information content (AvgIpc) is 3.11. The van der Waals surface area contributed by atoms with Gasteiger partial charge in [-0.2, -0.15) is 0 Å². The van der Waals surface area contributed by atoms with Gasteiger partial charge in [0.15, 0.2) is 0 Å². The number of hydrogen-bond acceptors (Lipinski definition) is 5. The van der Waals surface area contributed by atoms with Crippen LogP contribution in [0.4, 0.5) is 4.39 Å². The Kier molecular flexibility index (Phi) is 5.85. The van der Waals surface area contributed by atoms with Gasteiger partial charge < -0.3 is 4.90 Å². The molecule has 0 amide bonds. The van der Waals surface area contributed by atoms with Gasteiger partial charge in [0.2, 0.25) is 10.0 Å². The van der Waals surface area contributed by atoms with Gasteiger partial charge in [0, 0.05) is 37.6 Å². The molecule has 1 N–H and O–H groups in total. The number of nitrogens with zero attached hydrogens (tertiary/aromatic N) is 2. The first-order valence-corrected chi connectivity index (χ1v) is 10.5. The van der Waals surface area contributed by atoms with Crippen LogP contribution in [0.5, 0.6) is 0 Å². The quantitative estimate of drug-likeness (QED) is 0.831. The Bertz CT molecular complexity index is 788. The van der Waals surface area contributed by atoms with Crippen molar-refractivity contribution in [2.24, 2.45) is 0 Å². The predicted octanol–water partition coefficient (Wildman–Crippen LogP) is 2.15. The molecule has 0 bridgehead atoms. The van der Waals surface area contributed by atoms with Crippen molar-refractivity contribution >= 4 is 21.4 Å². The Morgan fingerprint density at radius 1 is 1.20 bits per heavy atom. The predicted molar refractivity (Wildman–Crippen MR) is 97.7 cm³/mol. The first-order valence-electron chi connectivity index (χ1n) is 8.17. The summed E-state index contributed by atoms with van der Waals surface area (Å²) in [5.41, 5.74) is 0. The van der Waals surface area contributed by atoms with E-state index in [1.165, 1.54) is 18.2 Å². The van der Waals surface area contributed by atoms with Gasteiger partial charge in [0.25, 0.3) is 0 Å². The van der Waals surface area contributed by atoms with E-state index in [-0.39, 0.29) is 17.5 Å². The second-order valence-electron chi connectivity index (χ2n) is 6.18. The van der Waals surface area contributed by atoms with Gasteiger partial charge >= 0.3 is 0 Å². The Balaban J connectivity index is 1.74. The van der Waals surface area contributed by atoms with Crippen LogP contribution in [0.25, 0.3) is 0 Å². The van der Waals surface area contributed by atoms with Gasteiger partial charge in [-0.05, 0) is 36.7 Å². The summed E-state index contributed by atoms with van der Waals surface area (Å²) in [6.45, 7) is 3.96. The van der Waals surface area contributed by atoms with Gasteiger partial charge in [-0.15, -0.1) is 11.3 Å². The number of sulfonamides is 1. The van der Waals surface area contributed by atoms with E-state index in [1.807, 2.05) is 17.5 Å². The molecule has 0 saturated carbocycles. The van der Waals surface area contributed by atoms with Gasteiger partial charge in [-0.3, -0.25) is 4.90 Å². The molecule has 0 aliphatic carbocycles. The lowest BCUT2D eigenvalue weighted by atomic mass is 10.2. The molecule has 0 radical (unpaired) electrons. The standard InChI is InChI=1S/C17H22FN3O2S2/c1-20-7-9-21(10-8-20)16(17-6-3-11-24-17)13-19-25(22,23)15-5-2-4-14(18)12-15/h2-6,11-12,16,19H,7-10,13H2,1H3/t16-/m1/s1. The molecule has 1 aromatic carbocycles. The van der Waals surface area contributed by atoms with E-state index in [0.717, 1.165) is 37.1 Å². The van der Waals surface area contributed by atoms with Crippen molar-refractivity contribution in [2.75, 3.05) is 39.8 Å². The molecule has 5 nitrogen and oxygen atoms in total. The summed E-state index contributed by atoms with van der Waals surface area (Å²) in [6.07, 6.45) is 0. The van der Waals surface area contributed by atoms with E-state index in [4.69, 9.17) is 0 Å². The minimum Gasteiger partial charge on any atom is -0.304 e. The highest BCUT2D eigenvalue weighted by atomic mass is 32.2. The van der Waals surface area contributed by atoms with Crippen LogP contribution in [-0.2, 0) is 10.0 Å². The van der Waals surface area contributed by atoms with Crippen molar-refractivity contribution in [3.05, 3.63) is 52.5 Å². The largest absolute Gasteiger partial charge is 0.304 e. The topological polar surface area (TPSA) is 52.6 Å². The highest BCUT2D eigenvalue weighted by Gasteiger charge is 2.26. The van der Waals surface area contributed by atoms with Crippen molar-refractivity contribution < 1.29 is 12.8 Å². The minimum absolute atomic E-state index is 0.0166. The molecule has 1 aromatic heterocycles. The zero-order chi connectivity index (χ0) is 17.9. The van der Waals surface area contributed by atoms with Crippen molar-refractivity contribution in [2.45, 2.75) is 10.9 Å². The van der Waals surface area contributed by atoms with E-state index in [1.54, 1.807) is 11.3 Å². The molecule has 0 unspecified atom stereocenters. The lowest BCUT2D eigenvalue weighted by molar-refractivity contribution is 0.114. The normalized spacial score (nSPS) is 18.3. The molecule has 1 fully saturated rings. The second kappa shape index (κ2) is 7.92. The first kappa shape index (κ1) is 18.5. The Labute approximate surface area is 152 Å². The molecular formula is C17H22FN3O2S2. The summed E-state index contributed by atoms with van der Waals surface area (Å²) < 4.78 is 41.0. The second-order valence-corrected chi connectivity index (χ2v) is 8.93. The van der Waals surface area contributed by atoms with Crippen molar-refractivity contribution in [3.8, 4) is 0 Å². The van der Waals surface area contributed by atoms with E-state index < -0.39 is 15.8 Å². The van der Waals surface area contributed by atoms with E-state index in [9.17, 15) is 12.8 Å². The fourth-order valence-electron chi connectivity index (χ4n) is 2.93. The molecule has 0 spiro atoms. The maximum Gasteiger partial charge on any atom is 0.240 e. The molecule has 1 aliphatic rings. The third-order valence-electron chi connectivity index (χ3n) is 4.42. The summed E-state index contributed by atoms with van der Waals surface area (Å²) in [7, 11) is -1.65. The van der Waals surface area contributed by atoms with Gasteiger partial charge in [-0.1, -0.05) is 12.1 Å². The molecule has 25 heavy (non-hydrogen) atoms.